The summed E-state index contributed by atoms with van der Waals surface area (Å²) in [6.07, 6.45) is 6.38. The molecule has 4 aliphatic heterocycles. The van der Waals surface area contributed by atoms with E-state index in [9.17, 15) is 19.5 Å². The number of carbonyl (C=O) groups is 2. The van der Waals surface area contributed by atoms with E-state index in [4.69, 9.17) is 14.5 Å². The third-order valence-electron chi connectivity index (χ3n) is 10.8. The normalized spacial score (nSPS) is 22.2. The van der Waals surface area contributed by atoms with Crippen LogP contribution in [0.4, 0.5) is 4.79 Å². The minimum Gasteiger partial charge on any atom is -1.00 e. The molecule has 4 aliphatic rings. The zero-order chi connectivity index (χ0) is 30.8. The van der Waals surface area contributed by atoms with E-state index in [1.807, 2.05) is 17.0 Å². The summed E-state index contributed by atoms with van der Waals surface area (Å²) in [5, 5.41) is 12.1. The van der Waals surface area contributed by atoms with Gasteiger partial charge in [0.15, 0.2) is 5.60 Å². The highest BCUT2D eigenvalue weighted by Gasteiger charge is 2.45. The van der Waals surface area contributed by atoms with Gasteiger partial charge in [-0.3, -0.25) is 4.79 Å². The highest BCUT2D eigenvalue weighted by molar-refractivity contribution is 5.90. The predicted molar refractivity (Wildman–Crippen MR) is 164 cm³/mol. The Bertz CT molecular complexity index is 1740. The van der Waals surface area contributed by atoms with Gasteiger partial charge in [0.2, 0.25) is 0 Å². The monoisotopic (exact) mass is 728 g/mol. The first-order valence-corrected chi connectivity index (χ1v) is 16.1. The van der Waals surface area contributed by atoms with Crippen molar-refractivity contribution in [3.63, 3.8) is 0 Å². The summed E-state index contributed by atoms with van der Waals surface area (Å²) in [4.78, 5) is 46.1. The van der Waals surface area contributed by atoms with E-state index < -0.39 is 11.6 Å². The number of hydrogen-bond donors (Lipinski definition) is 1. The van der Waals surface area contributed by atoms with Crippen molar-refractivity contribution in [2.24, 2.45) is 0 Å². The smallest absolute Gasteiger partial charge is 0.415 e. The predicted octanol–water partition coefficient (Wildman–Crippen LogP) is 1.24. The molecular weight excluding hydrogens is 687 g/mol. The summed E-state index contributed by atoms with van der Waals surface area (Å²) < 4.78 is 13.9. The maximum Gasteiger partial charge on any atom is 0.415 e. The number of ether oxygens (including phenoxy) is 2. The van der Waals surface area contributed by atoms with Crippen LogP contribution in [0.5, 0.6) is 5.75 Å². The fourth-order valence-electron chi connectivity index (χ4n) is 8.05. The molecule has 1 N–H and O–H groups in total. The van der Waals surface area contributed by atoms with E-state index in [2.05, 4.69) is 14.0 Å². The zero-order valence-corrected chi connectivity index (χ0v) is 28.4. The molecule has 0 spiro atoms. The van der Waals surface area contributed by atoms with Gasteiger partial charge in [-0.1, -0.05) is 13.8 Å². The zero-order valence-electron chi connectivity index (χ0n) is 26.2. The lowest BCUT2D eigenvalue weighted by molar-refractivity contribution is -0.938. The Kier molecular flexibility index (Phi) is 8.49. The first kappa shape index (κ1) is 31.9. The molecule has 10 nitrogen and oxygen atoms in total. The van der Waals surface area contributed by atoms with Gasteiger partial charge in [0.25, 0.3) is 5.56 Å². The van der Waals surface area contributed by atoms with E-state index >= 15 is 0 Å². The van der Waals surface area contributed by atoms with Crippen LogP contribution in [0.2, 0.25) is 0 Å². The molecule has 0 saturated carbocycles. The van der Waals surface area contributed by atoms with Crippen LogP contribution in [0, 0.1) is 0 Å². The lowest BCUT2D eigenvalue weighted by atomic mass is 9.86. The number of benzene rings is 1. The number of carbonyl (C=O) groups excluding carboxylic acids is 2. The quantitative estimate of drug-likeness (QED) is 0.192. The number of amides is 1. The molecule has 240 valence electrons. The minimum absolute atomic E-state index is 0. The summed E-state index contributed by atoms with van der Waals surface area (Å²) in [5.74, 6) is -0.261. The number of quaternary nitrogens is 1. The first-order valence-electron chi connectivity index (χ1n) is 16.1. The number of aryl methyl sites for hydroxylation is 1. The fraction of sp³-hybridized carbons (Fsp3) is 0.529. The van der Waals surface area contributed by atoms with Crippen molar-refractivity contribution in [1.82, 2.24) is 14.5 Å². The lowest BCUT2D eigenvalue weighted by Gasteiger charge is -2.47. The molecule has 11 heteroatoms. The van der Waals surface area contributed by atoms with Gasteiger partial charge < -0.3 is 52.5 Å². The van der Waals surface area contributed by atoms with Crippen LogP contribution in [0.1, 0.15) is 74.6 Å². The number of rotatable bonds is 4. The number of esters is 1. The molecular formula is C34H41IN4O6. The second kappa shape index (κ2) is 12.0. The van der Waals surface area contributed by atoms with Gasteiger partial charge in [-0.2, -0.15) is 0 Å². The van der Waals surface area contributed by atoms with Crippen molar-refractivity contribution in [2.45, 2.75) is 83.6 Å². The van der Waals surface area contributed by atoms with E-state index in [-0.39, 0.29) is 48.7 Å². The van der Waals surface area contributed by atoms with Crippen LogP contribution in [0.3, 0.4) is 0 Å². The Morgan fingerprint density at radius 3 is 2.53 bits per heavy atom. The number of hydrogen-bond acceptors (Lipinski definition) is 7. The largest absolute Gasteiger partial charge is 1.00 e. The number of aliphatic hydroxyl groups is 1. The number of cyclic esters (lactones) is 1. The summed E-state index contributed by atoms with van der Waals surface area (Å²) in [5.41, 5.74) is 2.39. The Hall–Kier alpha value is -3.03. The van der Waals surface area contributed by atoms with Gasteiger partial charge in [0.05, 0.1) is 55.2 Å². The van der Waals surface area contributed by atoms with Crippen molar-refractivity contribution in [3.8, 4) is 17.1 Å². The van der Waals surface area contributed by atoms with Crippen LogP contribution >= 0.6 is 0 Å². The topological polar surface area (TPSA) is 111 Å². The fourth-order valence-corrected chi connectivity index (χ4v) is 8.05. The summed E-state index contributed by atoms with van der Waals surface area (Å²) in [6, 6.07) is 7.84. The molecule has 2 saturated heterocycles. The van der Waals surface area contributed by atoms with E-state index in [1.165, 1.54) is 32.4 Å². The summed E-state index contributed by atoms with van der Waals surface area (Å²) >= 11 is 0. The Balaban J connectivity index is 0.00000357. The van der Waals surface area contributed by atoms with E-state index in [0.717, 1.165) is 39.4 Å². The lowest BCUT2D eigenvalue weighted by Crippen LogP contribution is -3.00. The minimum atomic E-state index is -1.86. The number of fused-ring (bicyclic) bond motifs is 5. The second-order valence-corrected chi connectivity index (χ2v) is 13.1. The van der Waals surface area contributed by atoms with Crippen LogP contribution in [0.15, 0.2) is 29.1 Å². The van der Waals surface area contributed by atoms with Crippen molar-refractivity contribution in [1.29, 1.82) is 0 Å². The van der Waals surface area contributed by atoms with Crippen LogP contribution in [0.25, 0.3) is 22.3 Å². The van der Waals surface area contributed by atoms with Gasteiger partial charge in [-0.05, 0) is 61.9 Å². The second-order valence-electron chi connectivity index (χ2n) is 13.1. The number of nitrogens with zero attached hydrogens (tertiary/aromatic N) is 4. The van der Waals surface area contributed by atoms with Crippen molar-refractivity contribution in [2.75, 3.05) is 33.2 Å². The number of pyridine rings is 2. The highest BCUT2D eigenvalue weighted by atomic mass is 127. The number of piperidine rings is 2. The van der Waals surface area contributed by atoms with Gasteiger partial charge in [0, 0.05) is 42.4 Å². The van der Waals surface area contributed by atoms with Gasteiger partial charge in [0.1, 0.15) is 12.4 Å². The molecule has 2 fully saturated rings. The SMILES string of the molecule is CCc1c2c(nc3ccc(OC(=O)N4CCC([N+]5(C)CCCCC5)CC4)cc13)-c1cc3c(c(=O)n1C2)COC(=O)[C@]3(O)CC.[I-]. The van der Waals surface area contributed by atoms with Gasteiger partial charge >= 0.3 is 12.1 Å². The average Bonchev–Trinajstić information content (AvgIpc) is 3.41. The van der Waals surface area contributed by atoms with Crippen molar-refractivity contribution >= 4 is 23.0 Å². The third-order valence-corrected chi connectivity index (χ3v) is 10.8. The van der Waals surface area contributed by atoms with Crippen LogP contribution in [-0.2, 0) is 34.7 Å². The molecule has 2 aromatic heterocycles. The maximum atomic E-state index is 13.6. The molecule has 0 unspecified atom stereocenters. The molecule has 6 heterocycles. The Morgan fingerprint density at radius 1 is 1.11 bits per heavy atom. The molecule has 0 aliphatic carbocycles. The number of likely N-dealkylation sites (tertiary alicyclic amines) is 2. The molecule has 0 bridgehead atoms. The molecule has 7 rings (SSSR count). The standard InChI is InChI=1S/C34H41N4O6.HI/c1-4-23-24-17-22(44-33(41)36-13-11-21(12-14-36)38(3)15-7-6-8-16-38)9-10-28(24)35-30-25(23)19-37-29(30)18-27-26(31(37)39)20-43-32(40)34(27,42)5-2;/h9-10,17-18,21,42H,4-8,11-16,19-20H2,1-3H3;1H/q+1;/p-1/t34-;/m0./s1. The van der Waals surface area contributed by atoms with E-state index in [0.29, 0.717) is 60.4 Å². The Labute approximate surface area is 279 Å². The molecule has 0 radical (unpaired) electrons. The van der Waals surface area contributed by atoms with Crippen molar-refractivity contribution in [3.05, 3.63) is 56.9 Å². The third kappa shape index (κ3) is 5.14. The molecule has 45 heavy (non-hydrogen) atoms. The van der Waals surface area contributed by atoms with Gasteiger partial charge in [-0.25, -0.2) is 14.6 Å². The number of halogens is 1. The van der Waals surface area contributed by atoms with E-state index in [1.54, 1.807) is 23.6 Å². The first-order chi connectivity index (χ1) is 21.2. The average molecular weight is 729 g/mol. The maximum absolute atomic E-state index is 13.6. The Morgan fingerprint density at radius 2 is 1.84 bits per heavy atom. The van der Waals surface area contributed by atoms with Crippen LogP contribution in [-0.4, -0.2) is 75.4 Å². The van der Waals surface area contributed by atoms with Crippen molar-refractivity contribution < 1.29 is 52.6 Å². The molecule has 3 aromatic rings. The molecule has 1 atom stereocenters. The molecule has 1 amide bonds. The number of aromatic nitrogens is 2. The van der Waals surface area contributed by atoms with Gasteiger partial charge in [-0.15, -0.1) is 0 Å². The highest BCUT2D eigenvalue weighted by Crippen LogP contribution is 2.41. The summed E-state index contributed by atoms with van der Waals surface area (Å²) in [7, 11) is 2.38. The summed E-state index contributed by atoms with van der Waals surface area (Å²) in [6.45, 7) is 7.82. The molecule has 1 aromatic carbocycles. The van der Waals surface area contributed by atoms with Crippen LogP contribution < -0.4 is 34.3 Å².